The number of rotatable bonds is 3. The first-order valence-electron chi connectivity index (χ1n) is 7.63. The lowest BCUT2D eigenvalue weighted by molar-refractivity contribution is 0.244. The van der Waals surface area contributed by atoms with E-state index in [1.807, 2.05) is 82.3 Å². The van der Waals surface area contributed by atoms with Crippen molar-refractivity contribution in [3.8, 4) is 0 Å². The third-order valence-electron chi connectivity index (χ3n) is 3.01. The lowest BCUT2D eigenvalue weighted by atomic mass is 10.1. The van der Waals surface area contributed by atoms with Gasteiger partial charge in [0.1, 0.15) is 0 Å². The van der Waals surface area contributed by atoms with Gasteiger partial charge in [-0.1, -0.05) is 24.3 Å². The molecule has 0 saturated heterocycles. The van der Waals surface area contributed by atoms with Crippen LogP contribution < -0.4 is 10.6 Å². The maximum Gasteiger partial charge on any atom is 0.319 e. The smallest absolute Gasteiger partial charge is 0.319 e. The van der Waals surface area contributed by atoms with E-state index in [-0.39, 0.29) is 11.6 Å². The summed E-state index contributed by atoms with van der Waals surface area (Å²) < 4.78 is 0. The number of anilines is 1. The van der Waals surface area contributed by atoms with Gasteiger partial charge >= 0.3 is 6.03 Å². The SMILES string of the molecule is Cc1cccc(C=Cc2ccc(NC(=O)NC(C)(C)C)cc2)n1. The number of hydrogen-bond donors (Lipinski definition) is 2. The summed E-state index contributed by atoms with van der Waals surface area (Å²) in [6.07, 6.45) is 3.97. The Bertz CT molecular complexity index is 697. The molecule has 4 heteroatoms. The molecule has 120 valence electrons. The van der Waals surface area contributed by atoms with Crippen LogP contribution in [0, 0.1) is 6.92 Å². The van der Waals surface area contributed by atoms with Gasteiger partial charge in [0.2, 0.25) is 0 Å². The molecule has 1 heterocycles. The zero-order valence-electron chi connectivity index (χ0n) is 14.1. The number of amides is 2. The highest BCUT2D eigenvalue weighted by molar-refractivity contribution is 5.89. The fourth-order valence-electron chi connectivity index (χ4n) is 2.02. The third-order valence-corrected chi connectivity index (χ3v) is 3.01. The van der Waals surface area contributed by atoms with Crippen molar-refractivity contribution < 1.29 is 4.79 Å². The van der Waals surface area contributed by atoms with Gasteiger partial charge in [0.05, 0.1) is 5.69 Å². The zero-order chi connectivity index (χ0) is 16.9. The van der Waals surface area contributed by atoms with E-state index < -0.39 is 0 Å². The van der Waals surface area contributed by atoms with Gasteiger partial charge in [-0.15, -0.1) is 0 Å². The fourth-order valence-corrected chi connectivity index (χ4v) is 2.02. The fraction of sp³-hybridized carbons (Fsp3) is 0.263. The lowest BCUT2D eigenvalue weighted by Gasteiger charge is -2.20. The normalized spacial score (nSPS) is 11.5. The number of nitrogens with one attached hydrogen (secondary N) is 2. The van der Waals surface area contributed by atoms with E-state index in [2.05, 4.69) is 15.6 Å². The van der Waals surface area contributed by atoms with Crippen LogP contribution in [0.15, 0.2) is 42.5 Å². The van der Waals surface area contributed by atoms with Crippen molar-refractivity contribution >= 4 is 23.9 Å². The highest BCUT2D eigenvalue weighted by Crippen LogP contribution is 2.13. The molecule has 2 rings (SSSR count). The van der Waals surface area contributed by atoms with Crippen LogP contribution in [0.2, 0.25) is 0 Å². The van der Waals surface area contributed by atoms with Crippen molar-refractivity contribution in [3.05, 3.63) is 59.4 Å². The number of hydrogen-bond acceptors (Lipinski definition) is 2. The lowest BCUT2D eigenvalue weighted by Crippen LogP contribution is -2.43. The highest BCUT2D eigenvalue weighted by Gasteiger charge is 2.13. The highest BCUT2D eigenvalue weighted by atomic mass is 16.2. The summed E-state index contributed by atoms with van der Waals surface area (Å²) in [5, 5.41) is 5.68. The largest absolute Gasteiger partial charge is 0.333 e. The number of benzene rings is 1. The van der Waals surface area contributed by atoms with Gasteiger partial charge in [0.25, 0.3) is 0 Å². The van der Waals surface area contributed by atoms with Gasteiger partial charge in [0, 0.05) is 16.9 Å². The monoisotopic (exact) mass is 309 g/mol. The number of aryl methyl sites for hydroxylation is 1. The molecule has 0 aliphatic rings. The van der Waals surface area contributed by atoms with Crippen LogP contribution in [-0.4, -0.2) is 16.6 Å². The Morgan fingerprint density at radius 2 is 1.74 bits per heavy atom. The number of carbonyl (C=O) groups is 1. The number of urea groups is 1. The molecule has 1 aromatic heterocycles. The maximum atomic E-state index is 11.8. The molecule has 0 saturated carbocycles. The molecule has 0 aliphatic heterocycles. The van der Waals surface area contributed by atoms with Gasteiger partial charge in [0.15, 0.2) is 0 Å². The molecule has 23 heavy (non-hydrogen) atoms. The van der Waals surface area contributed by atoms with E-state index in [4.69, 9.17) is 0 Å². The average Bonchev–Trinajstić information content (AvgIpc) is 2.44. The molecule has 0 unspecified atom stereocenters. The molecule has 0 aliphatic carbocycles. The van der Waals surface area contributed by atoms with Crippen molar-refractivity contribution in [3.63, 3.8) is 0 Å². The van der Waals surface area contributed by atoms with Gasteiger partial charge in [-0.05, 0) is 63.6 Å². The summed E-state index contributed by atoms with van der Waals surface area (Å²) >= 11 is 0. The quantitative estimate of drug-likeness (QED) is 0.878. The average molecular weight is 309 g/mol. The van der Waals surface area contributed by atoms with Crippen molar-refractivity contribution in [2.45, 2.75) is 33.2 Å². The Balaban J connectivity index is 1.98. The summed E-state index contributed by atoms with van der Waals surface area (Å²) in [7, 11) is 0. The minimum absolute atomic E-state index is 0.204. The topological polar surface area (TPSA) is 54.0 Å². The molecule has 4 nitrogen and oxygen atoms in total. The predicted molar refractivity (Wildman–Crippen MR) is 96.3 cm³/mol. The van der Waals surface area contributed by atoms with Crippen molar-refractivity contribution in [2.24, 2.45) is 0 Å². The first-order valence-corrected chi connectivity index (χ1v) is 7.63. The standard InChI is InChI=1S/C19H23N3O/c1-14-6-5-7-16(20-14)11-8-15-9-12-17(13-10-15)21-18(23)22-19(2,3)4/h5-13H,1-4H3,(H2,21,22,23). The van der Waals surface area contributed by atoms with Gasteiger partial charge in [-0.2, -0.15) is 0 Å². The van der Waals surface area contributed by atoms with Crippen LogP contribution in [0.3, 0.4) is 0 Å². The Morgan fingerprint density at radius 1 is 1.04 bits per heavy atom. The number of nitrogens with zero attached hydrogens (tertiary/aromatic N) is 1. The Labute approximate surface area is 137 Å². The summed E-state index contributed by atoms with van der Waals surface area (Å²) in [6, 6.07) is 13.4. The van der Waals surface area contributed by atoms with E-state index in [1.54, 1.807) is 0 Å². The van der Waals surface area contributed by atoms with Crippen molar-refractivity contribution in [1.29, 1.82) is 0 Å². The first kappa shape index (κ1) is 16.7. The van der Waals surface area contributed by atoms with Crippen LogP contribution >= 0.6 is 0 Å². The Kier molecular flexibility index (Phi) is 5.16. The number of carbonyl (C=O) groups excluding carboxylic acids is 1. The minimum atomic E-state index is -0.256. The van der Waals surface area contributed by atoms with Crippen LogP contribution in [0.1, 0.15) is 37.7 Å². The molecule has 2 aromatic rings. The van der Waals surface area contributed by atoms with E-state index in [1.165, 1.54) is 0 Å². The molecule has 0 atom stereocenters. The van der Waals surface area contributed by atoms with E-state index >= 15 is 0 Å². The van der Waals surface area contributed by atoms with Gasteiger partial charge < -0.3 is 10.6 Å². The van der Waals surface area contributed by atoms with Crippen LogP contribution in [0.5, 0.6) is 0 Å². The molecule has 0 bridgehead atoms. The van der Waals surface area contributed by atoms with Crippen molar-refractivity contribution in [1.82, 2.24) is 10.3 Å². The van der Waals surface area contributed by atoms with Crippen LogP contribution in [0.25, 0.3) is 12.2 Å². The summed E-state index contributed by atoms with van der Waals surface area (Å²) in [6.45, 7) is 7.81. The van der Waals surface area contributed by atoms with Gasteiger partial charge in [-0.25, -0.2) is 4.79 Å². The second-order valence-corrected chi connectivity index (χ2v) is 6.49. The number of aromatic nitrogens is 1. The van der Waals surface area contributed by atoms with Crippen LogP contribution in [-0.2, 0) is 0 Å². The maximum absolute atomic E-state index is 11.8. The molecule has 0 spiro atoms. The predicted octanol–water partition coefficient (Wildman–Crippen LogP) is 4.48. The van der Waals surface area contributed by atoms with Crippen molar-refractivity contribution in [2.75, 3.05) is 5.32 Å². The minimum Gasteiger partial charge on any atom is -0.333 e. The second-order valence-electron chi connectivity index (χ2n) is 6.49. The molecule has 0 fully saturated rings. The summed E-state index contributed by atoms with van der Waals surface area (Å²) in [5.74, 6) is 0. The van der Waals surface area contributed by atoms with Crippen LogP contribution in [0.4, 0.5) is 10.5 Å². The molecule has 0 radical (unpaired) electrons. The van der Waals surface area contributed by atoms with E-state index in [9.17, 15) is 4.79 Å². The molecule has 1 aromatic carbocycles. The molecular formula is C19H23N3O. The Hall–Kier alpha value is -2.62. The molecular weight excluding hydrogens is 286 g/mol. The summed E-state index contributed by atoms with van der Waals surface area (Å²) in [5.41, 5.74) is 3.48. The Morgan fingerprint density at radius 3 is 2.35 bits per heavy atom. The first-order chi connectivity index (χ1) is 10.8. The molecule has 2 N–H and O–H groups in total. The number of pyridine rings is 1. The summed E-state index contributed by atoms with van der Waals surface area (Å²) in [4.78, 5) is 16.2. The third kappa shape index (κ3) is 5.94. The zero-order valence-corrected chi connectivity index (χ0v) is 14.1. The molecule has 2 amide bonds. The second kappa shape index (κ2) is 7.09. The van der Waals surface area contributed by atoms with Gasteiger partial charge in [-0.3, -0.25) is 4.98 Å². The van der Waals surface area contributed by atoms with E-state index in [0.29, 0.717) is 0 Å². The van der Waals surface area contributed by atoms with E-state index in [0.717, 1.165) is 22.6 Å².